The first-order valence-corrected chi connectivity index (χ1v) is 7.25. The van der Waals surface area contributed by atoms with Gasteiger partial charge in [-0.1, -0.05) is 36.4 Å². The number of benzene rings is 2. The predicted molar refractivity (Wildman–Crippen MR) is 80.8 cm³/mol. The van der Waals surface area contributed by atoms with Crippen LogP contribution in [0.25, 0.3) is 0 Å². The van der Waals surface area contributed by atoms with Crippen LogP contribution < -0.4 is 0 Å². The Bertz CT molecular complexity index is 654. The van der Waals surface area contributed by atoms with Crippen LogP contribution in [0, 0.1) is 12.7 Å². The van der Waals surface area contributed by atoms with Crippen molar-refractivity contribution >= 4 is 5.91 Å². The van der Waals surface area contributed by atoms with Crippen molar-refractivity contribution in [3.05, 3.63) is 71.0 Å². The minimum atomic E-state index is -0.428. The van der Waals surface area contributed by atoms with Gasteiger partial charge in [-0.15, -0.1) is 0 Å². The Labute approximate surface area is 124 Å². The summed E-state index contributed by atoms with van der Waals surface area (Å²) < 4.78 is 13.9. The zero-order valence-corrected chi connectivity index (χ0v) is 12.1. The molecule has 0 spiro atoms. The molecule has 3 rings (SSSR count). The maximum Gasteiger partial charge on any atom is 0.256 e. The lowest BCUT2D eigenvalue weighted by molar-refractivity contribution is 0.0786. The van der Waals surface area contributed by atoms with E-state index in [1.54, 1.807) is 17.0 Å². The second-order valence-electron chi connectivity index (χ2n) is 5.63. The van der Waals surface area contributed by atoms with Gasteiger partial charge in [0, 0.05) is 19.0 Å². The van der Waals surface area contributed by atoms with Crippen LogP contribution in [-0.2, 0) is 0 Å². The number of carbonyl (C=O) groups excluding carboxylic acids is 1. The summed E-state index contributed by atoms with van der Waals surface area (Å²) >= 11 is 0. The van der Waals surface area contributed by atoms with E-state index in [1.165, 1.54) is 11.6 Å². The molecule has 21 heavy (non-hydrogen) atoms. The fraction of sp³-hybridized carbons (Fsp3) is 0.278. The number of likely N-dealkylation sites (tertiary alicyclic amines) is 1. The molecular formula is C18H18FNO. The van der Waals surface area contributed by atoms with E-state index in [0.717, 1.165) is 12.0 Å². The third-order valence-electron chi connectivity index (χ3n) is 4.10. The monoisotopic (exact) mass is 283 g/mol. The average Bonchev–Trinajstić information content (AvgIpc) is 2.97. The molecule has 0 aliphatic carbocycles. The van der Waals surface area contributed by atoms with Crippen molar-refractivity contribution in [1.82, 2.24) is 4.90 Å². The molecule has 1 amide bonds. The summed E-state index contributed by atoms with van der Waals surface area (Å²) in [5.41, 5.74) is 2.25. The van der Waals surface area contributed by atoms with Gasteiger partial charge < -0.3 is 4.90 Å². The maximum absolute atomic E-state index is 13.9. The summed E-state index contributed by atoms with van der Waals surface area (Å²) in [6.07, 6.45) is 0.934. The number of aryl methyl sites for hydroxylation is 1. The van der Waals surface area contributed by atoms with Crippen molar-refractivity contribution in [3.8, 4) is 0 Å². The van der Waals surface area contributed by atoms with Crippen LogP contribution in [-0.4, -0.2) is 23.9 Å². The highest BCUT2D eigenvalue weighted by Gasteiger charge is 2.28. The topological polar surface area (TPSA) is 20.3 Å². The first-order chi connectivity index (χ1) is 10.1. The Balaban J connectivity index is 1.75. The summed E-state index contributed by atoms with van der Waals surface area (Å²) in [6, 6.07) is 15.0. The van der Waals surface area contributed by atoms with Gasteiger partial charge in [0.05, 0.1) is 5.56 Å². The number of amides is 1. The molecule has 1 unspecified atom stereocenters. The highest BCUT2D eigenvalue weighted by atomic mass is 19.1. The Kier molecular flexibility index (Phi) is 3.74. The number of halogens is 1. The van der Waals surface area contributed by atoms with Crippen molar-refractivity contribution in [3.63, 3.8) is 0 Å². The molecule has 3 heteroatoms. The van der Waals surface area contributed by atoms with Crippen LogP contribution in [0.2, 0.25) is 0 Å². The number of nitrogens with zero attached hydrogens (tertiary/aromatic N) is 1. The largest absolute Gasteiger partial charge is 0.338 e. The number of carbonyl (C=O) groups is 1. The Morgan fingerprint density at radius 1 is 1.19 bits per heavy atom. The van der Waals surface area contributed by atoms with Crippen molar-refractivity contribution in [2.24, 2.45) is 0 Å². The lowest BCUT2D eigenvalue weighted by Gasteiger charge is -2.17. The van der Waals surface area contributed by atoms with Crippen LogP contribution in [0.3, 0.4) is 0 Å². The van der Waals surface area contributed by atoms with E-state index in [4.69, 9.17) is 0 Å². The molecule has 108 valence electrons. The third kappa shape index (κ3) is 2.82. The van der Waals surface area contributed by atoms with Crippen molar-refractivity contribution in [2.45, 2.75) is 19.3 Å². The molecule has 0 N–H and O–H groups in total. The van der Waals surface area contributed by atoms with Crippen LogP contribution in [0.5, 0.6) is 0 Å². The molecule has 1 fully saturated rings. The molecule has 1 aliphatic heterocycles. The minimum absolute atomic E-state index is 0.175. The molecule has 2 nitrogen and oxygen atoms in total. The minimum Gasteiger partial charge on any atom is -0.338 e. The smallest absolute Gasteiger partial charge is 0.256 e. The number of hydrogen-bond donors (Lipinski definition) is 0. The molecule has 2 aromatic carbocycles. The van der Waals surface area contributed by atoms with Gasteiger partial charge in [-0.2, -0.15) is 0 Å². The average molecular weight is 283 g/mol. The molecule has 1 heterocycles. The molecule has 0 saturated carbocycles. The van der Waals surface area contributed by atoms with E-state index >= 15 is 0 Å². The molecule has 0 aromatic heterocycles. The summed E-state index contributed by atoms with van der Waals surface area (Å²) in [5, 5.41) is 0. The summed E-state index contributed by atoms with van der Waals surface area (Å²) in [6.45, 7) is 3.17. The van der Waals surface area contributed by atoms with E-state index in [1.807, 2.05) is 25.1 Å². The molecule has 1 aliphatic rings. The highest BCUT2D eigenvalue weighted by molar-refractivity contribution is 5.94. The third-order valence-corrected chi connectivity index (χ3v) is 4.10. The van der Waals surface area contributed by atoms with Gasteiger partial charge in [0.15, 0.2) is 0 Å². The van der Waals surface area contributed by atoms with E-state index in [0.29, 0.717) is 19.0 Å². The number of rotatable bonds is 2. The van der Waals surface area contributed by atoms with Crippen LogP contribution in [0.15, 0.2) is 48.5 Å². The van der Waals surface area contributed by atoms with Crippen molar-refractivity contribution in [1.29, 1.82) is 0 Å². The molecule has 2 aromatic rings. The van der Waals surface area contributed by atoms with Gasteiger partial charge in [-0.05, 0) is 36.6 Å². The van der Waals surface area contributed by atoms with Crippen molar-refractivity contribution in [2.75, 3.05) is 13.1 Å². The Hall–Kier alpha value is -2.16. The van der Waals surface area contributed by atoms with E-state index in [9.17, 15) is 9.18 Å². The summed E-state index contributed by atoms with van der Waals surface area (Å²) in [7, 11) is 0. The lowest BCUT2D eigenvalue weighted by atomic mass is 9.99. The van der Waals surface area contributed by atoms with Gasteiger partial charge in [0.1, 0.15) is 5.82 Å². The highest BCUT2D eigenvalue weighted by Crippen LogP contribution is 2.28. The van der Waals surface area contributed by atoms with Crippen LogP contribution >= 0.6 is 0 Å². The van der Waals surface area contributed by atoms with E-state index in [2.05, 4.69) is 12.1 Å². The van der Waals surface area contributed by atoms with E-state index in [-0.39, 0.29) is 11.5 Å². The fourth-order valence-electron chi connectivity index (χ4n) is 2.91. The fourth-order valence-corrected chi connectivity index (χ4v) is 2.91. The molecular weight excluding hydrogens is 265 g/mol. The quantitative estimate of drug-likeness (QED) is 0.821. The van der Waals surface area contributed by atoms with Crippen LogP contribution in [0.4, 0.5) is 4.39 Å². The lowest BCUT2D eigenvalue weighted by Crippen LogP contribution is -2.29. The second-order valence-corrected chi connectivity index (χ2v) is 5.63. The Morgan fingerprint density at radius 2 is 1.95 bits per heavy atom. The predicted octanol–water partition coefficient (Wildman–Crippen LogP) is 3.76. The SMILES string of the molecule is Cc1ccc(C(=O)N2CCC(c3ccccc3)C2)c(F)c1. The van der Waals surface area contributed by atoms with Gasteiger partial charge in [-0.25, -0.2) is 4.39 Å². The number of hydrogen-bond acceptors (Lipinski definition) is 1. The standard InChI is InChI=1S/C18H18FNO/c1-13-7-8-16(17(19)11-13)18(21)20-10-9-15(12-20)14-5-3-2-4-6-14/h2-8,11,15H,9-10,12H2,1H3. The van der Waals surface area contributed by atoms with Crippen molar-refractivity contribution < 1.29 is 9.18 Å². The maximum atomic E-state index is 13.9. The van der Waals surface area contributed by atoms with Gasteiger partial charge in [0.25, 0.3) is 5.91 Å². The molecule has 1 atom stereocenters. The van der Waals surface area contributed by atoms with Gasteiger partial charge >= 0.3 is 0 Å². The normalized spacial score (nSPS) is 18.0. The zero-order valence-electron chi connectivity index (χ0n) is 12.1. The summed E-state index contributed by atoms with van der Waals surface area (Å²) in [4.78, 5) is 14.2. The summed E-state index contributed by atoms with van der Waals surface area (Å²) in [5.74, 6) is -0.280. The Morgan fingerprint density at radius 3 is 2.67 bits per heavy atom. The first kappa shape index (κ1) is 13.8. The van der Waals surface area contributed by atoms with Gasteiger partial charge in [-0.3, -0.25) is 4.79 Å². The van der Waals surface area contributed by atoms with Crippen LogP contribution in [0.1, 0.15) is 33.8 Å². The van der Waals surface area contributed by atoms with E-state index < -0.39 is 5.82 Å². The second kappa shape index (κ2) is 5.68. The first-order valence-electron chi connectivity index (χ1n) is 7.25. The molecule has 1 saturated heterocycles. The molecule has 0 radical (unpaired) electrons. The molecule has 0 bridgehead atoms. The zero-order chi connectivity index (χ0) is 14.8. The van der Waals surface area contributed by atoms with Gasteiger partial charge in [0.2, 0.25) is 0 Å².